The third-order valence-corrected chi connectivity index (χ3v) is 4.75. The average molecular weight is 333 g/mol. The van der Waals surface area contributed by atoms with Gasteiger partial charge in [0.15, 0.2) is 5.13 Å². The minimum absolute atomic E-state index is 0.0481. The lowest BCUT2D eigenvalue weighted by Gasteiger charge is -2.10. The molecule has 120 valence electrons. The first-order chi connectivity index (χ1) is 11.1. The molecule has 7 heteroatoms. The molecule has 2 heterocycles. The molecule has 0 aliphatic carbocycles. The highest BCUT2D eigenvalue weighted by atomic mass is 32.1. The molecule has 1 aliphatic heterocycles. The Hall–Kier alpha value is -2.28. The van der Waals surface area contributed by atoms with Crippen LogP contribution in [-0.4, -0.2) is 23.3 Å². The summed E-state index contributed by atoms with van der Waals surface area (Å²) < 4.78 is 12.9. The number of hydrogen-bond acceptors (Lipinski definition) is 4. The van der Waals surface area contributed by atoms with Crippen LogP contribution in [0.4, 0.5) is 15.2 Å². The summed E-state index contributed by atoms with van der Waals surface area (Å²) in [6.07, 6.45) is 1.94. The Kier molecular flexibility index (Phi) is 4.38. The molecule has 0 spiro atoms. The predicted octanol–water partition coefficient (Wildman–Crippen LogP) is 3.22. The number of nitrogens with one attached hydrogen (secondary N) is 1. The van der Waals surface area contributed by atoms with E-state index in [2.05, 4.69) is 10.3 Å². The van der Waals surface area contributed by atoms with E-state index in [-0.39, 0.29) is 17.6 Å². The fraction of sp³-hybridized carbons (Fsp3) is 0.312. The maximum atomic E-state index is 12.9. The van der Waals surface area contributed by atoms with Crippen LogP contribution < -0.4 is 10.2 Å². The quantitative estimate of drug-likeness (QED) is 0.934. The third kappa shape index (κ3) is 3.24. The molecule has 0 bridgehead atoms. The highest BCUT2D eigenvalue weighted by molar-refractivity contribution is 7.18. The van der Waals surface area contributed by atoms with Gasteiger partial charge in [0.2, 0.25) is 5.91 Å². The summed E-state index contributed by atoms with van der Waals surface area (Å²) in [5.74, 6) is -0.597. The summed E-state index contributed by atoms with van der Waals surface area (Å²) in [5, 5.41) is 3.31. The van der Waals surface area contributed by atoms with Gasteiger partial charge in [-0.1, -0.05) is 18.3 Å². The first-order valence-corrected chi connectivity index (χ1v) is 8.27. The van der Waals surface area contributed by atoms with Gasteiger partial charge >= 0.3 is 0 Å². The number of benzene rings is 1. The highest BCUT2D eigenvalue weighted by Crippen LogP contribution is 2.30. The van der Waals surface area contributed by atoms with Gasteiger partial charge in [0.05, 0.1) is 5.69 Å². The van der Waals surface area contributed by atoms with Crippen LogP contribution in [0.2, 0.25) is 0 Å². The number of rotatable bonds is 4. The van der Waals surface area contributed by atoms with Gasteiger partial charge in [0, 0.05) is 18.7 Å². The average Bonchev–Trinajstić information content (AvgIpc) is 3.15. The summed E-state index contributed by atoms with van der Waals surface area (Å²) in [6.45, 7) is 2.56. The topological polar surface area (TPSA) is 62.3 Å². The lowest BCUT2D eigenvalue weighted by atomic mass is 10.2. The highest BCUT2D eigenvalue weighted by Gasteiger charge is 2.27. The Labute approximate surface area is 137 Å². The fourth-order valence-electron chi connectivity index (χ4n) is 2.44. The molecule has 23 heavy (non-hydrogen) atoms. The Morgan fingerprint density at radius 3 is 2.74 bits per heavy atom. The normalized spacial score (nSPS) is 14.3. The summed E-state index contributed by atoms with van der Waals surface area (Å²) >= 11 is 1.22. The van der Waals surface area contributed by atoms with Gasteiger partial charge in [-0.3, -0.25) is 14.5 Å². The maximum absolute atomic E-state index is 12.9. The second kappa shape index (κ2) is 6.45. The Morgan fingerprint density at radius 1 is 1.39 bits per heavy atom. The van der Waals surface area contributed by atoms with Crippen LogP contribution in [0.15, 0.2) is 24.3 Å². The molecule has 5 nitrogen and oxygen atoms in total. The zero-order chi connectivity index (χ0) is 16.4. The Balaban J connectivity index is 1.83. The molecule has 2 aromatic rings. The van der Waals surface area contributed by atoms with Gasteiger partial charge in [0.1, 0.15) is 10.7 Å². The largest absolute Gasteiger partial charge is 0.321 e. The van der Waals surface area contributed by atoms with Crippen LogP contribution >= 0.6 is 11.3 Å². The summed E-state index contributed by atoms with van der Waals surface area (Å²) in [6, 6.07) is 5.59. The number of halogens is 1. The number of amides is 2. The van der Waals surface area contributed by atoms with Crippen molar-refractivity contribution in [1.82, 2.24) is 4.98 Å². The summed E-state index contributed by atoms with van der Waals surface area (Å²) in [4.78, 5) is 30.9. The van der Waals surface area contributed by atoms with E-state index in [0.717, 1.165) is 6.42 Å². The van der Waals surface area contributed by atoms with E-state index in [1.54, 1.807) is 4.90 Å². The van der Waals surface area contributed by atoms with Gasteiger partial charge in [-0.05, 0) is 37.1 Å². The van der Waals surface area contributed by atoms with Crippen molar-refractivity contribution in [1.29, 1.82) is 0 Å². The number of hydrogen-bond donors (Lipinski definition) is 1. The number of aromatic nitrogens is 1. The second-order valence-electron chi connectivity index (χ2n) is 5.24. The molecule has 2 amide bonds. The molecular formula is C16H16FN3O2S. The number of nitrogens with zero attached hydrogens (tertiary/aromatic N) is 2. The molecule has 1 aromatic carbocycles. The monoisotopic (exact) mass is 333 g/mol. The molecule has 1 fully saturated rings. The second-order valence-corrected chi connectivity index (χ2v) is 6.21. The zero-order valence-corrected chi connectivity index (χ0v) is 13.5. The van der Waals surface area contributed by atoms with E-state index >= 15 is 0 Å². The van der Waals surface area contributed by atoms with E-state index in [0.29, 0.717) is 40.8 Å². The van der Waals surface area contributed by atoms with Crippen molar-refractivity contribution in [3.63, 3.8) is 0 Å². The van der Waals surface area contributed by atoms with Crippen LogP contribution in [0.1, 0.15) is 35.1 Å². The molecule has 3 rings (SSSR count). The SMILES string of the molecule is CCc1nc(N2CCCC2=O)sc1C(=O)Nc1ccc(F)cc1. The lowest BCUT2D eigenvalue weighted by molar-refractivity contribution is -0.117. The van der Waals surface area contributed by atoms with E-state index in [1.807, 2.05) is 6.92 Å². The molecule has 1 N–H and O–H groups in total. The zero-order valence-electron chi connectivity index (χ0n) is 12.6. The molecule has 0 saturated carbocycles. The maximum Gasteiger partial charge on any atom is 0.267 e. The lowest BCUT2D eigenvalue weighted by Crippen LogP contribution is -2.23. The van der Waals surface area contributed by atoms with Crippen molar-refractivity contribution in [2.24, 2.45) is 0 Å². The molecule has 1 aromatic heterocycles. The minimum Gasteiger partial charge on any atom is -0.321 e. The summed E-state index contributed by atoms with van der Waals surface area (Å²) in [5.41, 5.74) is 1.19. The first-order valence-electron chi connectivity index (χ1n) is 7.45. The van der Waals surface area contributed by atoms with Crippen LogP contribution in [0.5, 0.6) is 0 Å². The summed E-state index contributed by atoms with van der Waals surface area (Å²) in [7, 11) is 0. The van der Waals surface area contributed by atoms with E-state index < -0.39 is 0 Å². The van der Waals surface area contributed by atoms with Gasteiger partial charge in [-0.15, -0.1) is 0 Å². The number of anilines is 2. The van der Waals surface area contributed by atoms with Crippen molar-refractivity contribution in [3.05, 3.63) is 40.7 Å². The molecule has 0 radical (unpaired) electrons. The van der Waals surface area contributed by atoms with E-state index in [9.17, 15) is 14.0 Å². The Bertz CT molecular complexity index is 742. The minimum atomic E-state index is -0.357. The van der Waals surface area contributed by atoms with Crippen LogP contribution in [0.25, 0.3) is 0 Å². The fourth-order valence-corrected chi connectivity index (χ4v) is 3.54. The van der Waals surface area contributed by atoms with Gasteiger partial charge in [0.25, 0.3) is 5.91 Å². The third-order valence-electron chi connectivity index (χ3n) is 3.63. The standard InChI is InChI=1S/C16H16FN3O2S/c1-2-12-14(15(22)18-11-7-5-10(17)6-8-11)23-16(19-12)20-9-3-4-13(20)21/h5-8H,2-4,9H2,1H3,(H,18,22). The van der Waals surface area contributed by atoms with Crippen LogP contribution in [-0.2, 0) is 11.2 Å². The van der Waals surface area contributed by atoms with Crippen molar-refractivity contribution >= 4 is 34.0 Å². The molecular weight excluding hydrogens is 317 g/mol. The Morgan fingerprint density at radius 2 is 2.13 bits per heavy atom. The van der Waals surface area contributed by atoms with E-state index in [1.165, 1.54) is 35.6 Å². The molecule has 0 atom stereocenters. The van der Waals surface area contributed by atoms with Crippen molar-refractivity contribution in [2.75, 3.05) is 16.8 Å². The number of aryl methyl sites for hydroxylation is 1. The predicted molar refractivity (Wildman–Crippen MR) is 87.4 cm³/mol. The molecule has 0 unspecified atom stereocenters. The molecule has 1 saturated heterocycles. The van der Waals surface area contributed by atoms with Gasteiger partial charge in [-0.2, -0.15) is 0 Å². The van der Waals surface area contributed by atoms with Crippen LogP contribution in [0.3, 0.4) is 0 Å². The number of carbonyl (C=O) groups is 2. The van der Waals surface area contributed by atoms with Crippen molar-refractivity contribution in [3.8, 4) is 0 Å². The van der Waals surface area contributed by atoms with Crippen molar-refractivity contribution in [2.45, 2.75) is 26.2 Å². The molecule has 1 aliphatic rings. The first kappa shape index (κ1) is 15.6. The van der Waals surface area contributed by atoms with Gasteiger partial charge in [-0.25, -0.2) is 9.37 Å². The van der Waals surface area contributed by atoms with Gasteiger partial charge < -0.3 is 5.32 Å². The number of carbonyl (C=O) groups excluding carboxylic acids is 2. The smallest absolute Gasteiger partial charge is 0.267 e. The van der Waals surface area contributed by atoms with E-state index in [4.69, 9.17) is 0 Å². The number of thiazole rings is 1. The van der Waals surface area contributed by atoms with Crippen molar-refractivity contribution < 1.29 is 14.0 Å². The van der Waals surface area contributed by atoms with Crippen LogP contribution in [0, 0.1) is 5.82 Å².